The highest BCUT2D eigenvalue weighted by Gasteiger charge is 2.15. The number of carbonyl (C=O) groups is 1. The summed E-state index contributed by atoms with van der Waals surface area (Å²) in [7, 11) is 3.80. The smallest absolute Gasteiger partial charge is 0.257 e. The SMILES string of the molecule is Cc1sc(NC(=O)c2cccc(N(C)C)c2)nc1-c1ccc(F)c(F)c1. The lowest BCUT2D eigenvalue weighted by molar-refractivity contribution is 0.102. The molecule has 0 saturated heterocycles. The van der Waals surface area contributed by atoms with Crippen LogP contribution >= 0.6 is 11.3 Å². The molecule has 0 unspecified atom stereocenters. The molecular weight excluding hydrogens is 356 g/mol. The third kappa shape index (κ3) is 3.72. The fourth-order valence-corrected chi connectivity index (χ4v) is 3.29. The first-order valence-corrected chi connectivity index (χ1v) is 8.68. The van der Waals surface area contributed by atoms with Crippen LogP contribution in [-0.4, -0.2) is 25.0 Å². The molecule has 0 radical (unpaired) electrons. The monoisotopic (exact) mass is 373 g/mol. The van der Waals surface area contributed by atoms with Crippen LogP contribution in [0.2, 0.25) is 0 Å². The standard InChI is InChI=1S/C19H17F2N3OS/c1-11-17(12-7-8-15(20)16(21)10-12)22-19(26-11)23-18(25)13-5-4-6-14(9-13)24(2)3/h4-10H,1-3H3,(H,22,23,25). The Kier molecular flexibility index (Phi) is 4.99. The zero-order valence-electron chi connectivity index (χ0n) is 14.5. The topological polar surface area (TPSA) is 45.2 Å². The van der Waals surface area contributed by atoms with Gasteiger partial charge in [0.1, 0.15) is 0 Å². The number of benzene rings is 2. The van der Waals surface area contributed by atoms with Crippen LogP contribution in [0.5, 0.6) is 0 Å². The summed E-state index contributed by atoms with van der Waals surface area (Å²) in [6.45, 7) is 1.82. The van der Waals surface area contributed by atoms with Gasteiger partial charge in [0, 0.05) is 35.8 Å². The Morgan fingerprint density at radius 3 is 2.58 bits per heavy atom. The lowest BCUT2D eigenvalue weighted by atomic mass is 10.1. The fourth-order valence-electron chi connectivity index (χ4n) is 2.46. The summed E-state index contributed by atoms with van der Waals surface area (Å²) in [5.41, 5.74) is 2.41. The minimum Gasteiger partial charge on any atom is -0.378 e. The van der Waals surface area contributed by atoms with Crippen LogP contribution in [0.25, 0.3) is 11.3 Å². The third-order valence-electron chi connectivity index (χ3n) is 3.83. The van der Waals surface area contributed by atoms with E-state index < -0.39 is 11.6 Å². The van der Waals surface area contributed by atoms with Gasteiger partial charge < -0.3 is 4.90 Å². The molecule has 26 heavy (non-hydrogen) atoms. The van der Waals surface area contributed by atoms with Gasteiger partial charge in [-0.2, -0.15) is 0 Å². The van der Waals surface area contributed by atoms with Crippen molar-refractivity contribution in [1.29, 1.82) is 0 Å². The number of hydrogen-bond donors (Lipinski definition) is 1. The van der Waals surface area contributed by atoms with Gasteiger partial charge in [-0.05, 0) is 43.3 Å². The molecule has 0 spiro atoms. The molecule has 1 N–H and O–H groups in total. The lowest BCUT2D eigenvalue weighted by Gasteiger charge is -2.13. The van der Waals surface area contributed by atoms with E-state index in [1.807, 2.05) is 38.1 Å². The maximum atomic E-state index is 13.5. The van der Waals surface area contributed by atoms with Gasteiger partial charge in [-0.1, -0.05) is 6.07 Å². The van der Waals surface area contributed by atoms with Gasteiger partial charge in [-0.15, -0.1) is 11.3 Å². The summed E-state index contributed by atoms with van der Waals surface area (Å²) in [5, 5.41) is 3.17. The second-order valence-electron chi connectivity index (χ2n) is 5.95. The first-order chi connectivity index (χ1) is 12.3. The molecule has 4 nitrogen and oxygen atoms in total. The number of hydrogen-bond acceptors (Lipinski definition) is 4. The Morgan fingerprint density at radius 1 is 1.12 bits per heavy atom. The van der Waals surface area contributed by atoms with Crippen LogP contribution in [0, 0.1) is 18.6 Å². The quantitative estimate of drug-likeness (QED) is 0.720. The van der Waals surface area contributed by atoms with Crippen LogP contribution in [-0.2, 0) is 0 Å². The van der Waals surface area contributed by atoms with Gasteiger partial charge in [-0.3, -0.25) is 10.1 Å². The Bertz CT molecular complexity index is 969. The van der Waals surface area contributed by atoms with E-state index in [4.69, 9.17) is 0 Å². The lowest BCUT2D eigenvalue weighted by Crippen LogP contribution is -2.14. The highest BCUT2D eigenvalue weighted by molar-refractivity contribution is 7.16. The van der Waals surface area contributed by atoms with Gasteiger partial charge in [0.15, 0.2) is 16.8 Å². The largest absolute Gasteiger partial charge is 0.378 e. The van der Waals surface area contributed by atoms with Crippen LogP contribution in [0.15, 0.2) is 42.5 Å². The van der Waals surface area contributed by atoms with Crippen molar-refractivity contribution in [3.05, 3.63) is 64.5 Å². The van der Waals surface area contributed by atoms with Gasteiger partial charge in [-0.25, -0.2) is 13.8 Å². The number of aromatic nitrogens is 1. The molecule has 0 aliphatic rings. The molecule has 0 atom stereocenters. The molecule has 0 aliphatic heterocycles. The minimum atomic E-state index is -0.930. The number of nitrogens with one attached hydrogen (secondary N) is 1. The normalized spacial score (nSPS) is 10.7. The van der Waals surface area contributed by atoms with Crippen molar-refractivity contribution in [2.75, 3.05) is 24.3 Å². The number of anilines is 2. The first-order valence-electron chi connectivity index (χ1n) is 7.86. The van der Waals surface area contributed by atoms with Crippen LogP contribution < -0.4 is 10.2 Å². The van der Waals surface area contributed by atoms with Crippen LogP contribution in [0.3, 0.4) is 0 Å². The third-order valence-corrected chi connectivity index (χ3v) is 4.72. The zero-order valence-corrected chi connectivity index (χ0v) is 15.3. The van der Waals surface area contributed by atoms with E-state index in [2.05, 4.69) is 10.3 Å². The van der Waals surface area contributed by atoms with E-state index in [0.29, 0.717) is 22.0 Å². The summed E-state index contributed by atoms with van der Waals surface area (Å²) < 4.78 is 26.6. The second-order valence-corrected chi connectivity index (χ2v) is 7.15. The molecule has 3 aromatic rings. The van der Waals surface area contributed by atoms with Crippen molar-refractivity contribution in [3.8, 4) is 11.3 Å². The predicted molar refractivity (Wildman–Crippen MR) is 101 cm³/mol. The van der Waals surface area contributed by atoms with Crippen LogP contribution in [0.1, 0.15) is 15.2 Å². The second kappa shape index (κ2) is 7.21. The molecular formula is C19H17F2N3OS. The van der Waals surface area contributed by atoms with Gasteiger partial charge in [0.05, 0.1) is 5.69 Å². The van der Waals surface area contributed by atoms with Gasteiger partial charge >= 0.3 is 0 Å². The fraction of sp³-hybridized carbons (Fsp3) is 0.158. The van der Waals surface area contributed by atoms with Gasteiger partial charge in [0.25, 0.3) is 5.91 Å². The van der Waals surface area contributed by atoms with E-state index in [0.717, 1.165) is 22.7 Å². The Balaban J connectivity index is 1.84. The highest BCUT2D eigenvalue weighted by Crippen LogP contribution is 2.31. The maximum absolute atomic E-state index is 13.5. The van der Waals surface area contributed by atoms with Crippen molar-refractivity contribution in [2.24, 2.45) is 0 Å². The van der Waals surface area contributed by atoms with E-state index in [9.17, 15) is 13.6 Å². The highest BCUT2D eigenvalue weighted by atomic mass is 32.1. The molecule has 0 aliphatic carbocycles. The number of carbonyl (C=O) groups excluding carboxylic acids is 1. The molecule has 1 amide bonds. The maximum Gasteiger partial charge on any atom is 0.257 e. The van der Waals surface area contributed by atoms with Crippen LogP contribution in [0.4, 0.5) is 19.6 Å². The number of thiazole rings is 1. The van der Waals surface area contributed by atoms with Crippen molar-refractivity contribution in [1.82, 2.24) is 4.98 Å². The van der Waals surface area contributed by atoms with E-state index in [1.165, 1.54) is 17.4 Å². The minimum absolute atomic E-state index is 0.278. The van der Waals surface area contributed by atoms with Crippen molar-refractivity contribution in [2.45, 2.75) is 6.92 Å². The Morgan fingerprint density at radius 2 is 1.88 bits per heavy atom. The summed E-state index contributed by atoms with van der Waals surface area (Å²) in [6.07, 6.45) is 0. The number of amides is 1. The number of aryl methyl sites for hydroxylation is 1. The average molecular weight is 373 g/mol. The van der Waals surface area contributed by atoms with Crippen molar-refractivity contribution in [3.63, 3.8) is 0 Å². The number of nitrogens with zero attached hydrogens (tertiary/aromatic N) is 2. The summed E-state index contributed by atoms with van der Waals surface area (Å²) in [5.74, 6) is -2.11. The average Bonchev–Trinajstić information content (AvgIpc) is 2.97. The summed E-state index contributed by atoms with van der Waals surface area (Å²) in [4.78, 5) is 19.5. The van der Waals surface area contributed by atoms with E-state index in [1.54, 1.807) is 12.1 Å². The van der Waals surface area contributed by atoms with E-state index >= 15 is 0 Å². The molecule has 1 aromatic heterocycles. The molecule has 3 rings (SSSR count). The Hall–Kier alpha value is -2.80. The molecule has 2 aromatic carbocycles. The van der Waals surface area contributed by atoms with Crippen molar-refractivity contribution < 1.29 is 13.6 Å². The molecule has 1 heterocycles. The first kappa shape index (κ1) is 18.0. The predicted octanol–water partition coefficient (Wildman–Crippen LogP) is 4.72. The number of halogens is 2. The molecule has 0 bridgehead atoms. The molecule has 7 heteroatoms. The molecule has 134 valence electrons. The summed E-state index contributed by atoms with van der Waals surface area (Å²) in [6, 6.07) is 10.9. The van der Waals surface area contributed by atoms with Gasteiger partial charge in [0.2, 0.25) is 0 Å². The summed E-state index contributed by atoms with van der Waals surface area (Å²) >= 11 is 1.28. The molecule has 0 fully saturated rings. The zero-order chi connectivity index (χ0) is 18.8. The Labute approximate surface area is 154 Å². The van der Waals surface area contributed by atoms with Crippen molar-refractivity contribution >= 4 is 28.1 Å². The van der Waals surface area contributed by atoms with E-state index in [-0.39, 0.29) is 5.91 Å². The molecule has 0 saturated carbocycles. The number of rotatable bonds is 4.